The molecule has 0 unspecified atom stereocenters. The summed E-state index contributed by atoms with van der Waals surface area (Å²) in [4.78, 5) is 30.9. The van der Waals surface area contributed by atoms with Gasteiger partial charge < -0.3 is 14.1 Å². The minimum Gasteiger partial charge on any atom is -0.486 e. The van der Waals surface area contributed by atoms with Gasteiger partial charge in [-0.2, -0.15) is 13.2 Å². The number of nitrogens with zero attached hydrogens (tertiary/aromatic N) is 2. The van der Waals surface area contributed by atoms with Crippen molar-refractivity contribution in [2.75, 3.05) is 6.61 Å². The van der Waals surface area contributed by atoms with Gasteiger partial charge in [-0.25, -0.2) is 4.79 Å². The van der Waals surface area contributed by atoms with Crippen molar-refractivity contribution in [3.63, 3.8) is 0 Å². The Morgan fingerprint density at radius 1 is 0.951 bits per heavy atom. The maximum atomic E-state index is 13.4. The summed E-state index contributed by atoms with van der Waals surface area (Å²) >= 11 is 0. The topological polar surface area (TPSA) is 69.9 Å². The fraction of sp³-hybridized carbons (Fsp3) is 0.156. The normalized spacial score (nSPS) is 13.9. The lowest BCUT2D eigenvalue weighted by Gasteiger charge is -2.07. The first-order valence-corrected chi connectivity index (χ1v) is 12.9. The molecule has 9 heteroatoms. The van der Waals surface area contributed by atoms with Crippen LogP contribution in [0.25, 0.3) is 21.8 Å². The molecule has 2 heterocycles. The second-order valence-electron chi connectivity index (χ2n) is 9.74. The highest BCUT2D eigenvalue weighted by Crippen LogP contribution is 2.41. The van der Waals surface area contributed by atoms with E-state index in [1.165, 1.54) is 6.07 Å². The summed E-state index contributed by atoms with van der Waals surface area (Å²) in [5.74, 6) is -0.561. The third kappa shape index (κ3) is 4.53. The van der Waals surface area contributed by atoms with Gasteiger partial charge in [-0.1, -0.05) is 35.5 Å². The van der Waals surface area contributed by atoms with Crippen LogP contribution in [0.15, 0.2) is 84.0 Å². The van der Waals surface area contributed by atoms with E-state index in [9.17, 15) is 22.8 Å². The van der Waals surface area contributed by atoms with Crippen molar-refractivity contribution >= 4 is 39.3 Å². The number of rotatable bonds is 5. The average molecular weight is 557 g/mol. The SMILES string of the molecule is CCn1c2ccc(C(=O)c3ccccc3C)cc2c2c3c(ccc21)/C(=N/OC(=O)c1cccc(C(F)(F)F)c1)CO3. The van der Waals surface area contributed by atoms with Gasteiger partial charge in [-0.15, -0.1) is 0 Å². The lowest BCUT2D eigenvalue weighted by molar-refractivity contribution is -0.137. The summed E-state index contributed by atoms with van der Waals surface area (Å²) in [5.41, 5.74) is 3.60. The van der Waals surface area contributed by atoms with Crippen molar-refractivity contribution in [2.45, 2.75) is 26.6 Å². The average Bonchev–Trinajstić information content (AvgIpc) is 3.53. The van der Waals surface area contributed by atoms with E-state index in [1.807, 2.05) is 62.4 Å². The molecule has 0 bridgehead atoms. The quantitative estimate of drug-likeness (QED) is 0.129. The standard InChI is InChI=1S/C32H23F3N2O4/c1-3-37-26-13-11-19(29(38)22-10-5-4-7-18(22)2)16-24(26)28-27(37)14-12-23-25(17-40-30(23)28)36-41-31(39)20-8-6-9-21(15-20)32(33,34)35/h4-16H,3,17H2,1-2H3/b36-25+. The number of hydrogen-bond acceptors (Lipinski definition) is 5. The highest BCUT2D eigenvalue weighted by Gasteiger charge is 2.31. The molecule has 1 aliphatic rings. The summed E-state index contributed by atoms with van der Waals surface area (Å²) in [6.07, 6.45) is -4.59. The predicted molar refractivity (Wildman–Crippen MR) is 149 cm³/mol. The van der Waals surface area contributed by atoms with Crippen molar-refractivity contribution in [3.05, 3.63) is 112 Å². The van der Waals surface area contributed by atoms with Gasteiger partial charge in [-0.3, -0.25) is 4.79 Å². The summed E-state index contributed by atoms with van der Waals surface area (Å²) in [6.45, 7) is 4.61. The molecule has 5 aromatic rings. The molecule has 0 aliphatic carbocycles. The smallest absolute Gasteiger partial charge is 0.416 e. The number of aromatic nitrogens is 1. The number of hydrogen-bond donors (Lipinski definition) is 0. The number of fused-ring (bicyclic) bond motifs is 5. The maximum Gasteiger partial charge on any atom is 0.416 e. The van der Waals surface area contributed by atoms with Crippen molar-refractivity contribution in [3.8, 4) is 5.75 Å². The fourth-order valence-electron chi connectivity index (χ4n) is 5.27. The second kappa shape index (κ2) is 9.92. The molecular formula is C32H23F3N2O4. The number of carbonyl (C=O) groups excluding carboxylic acids is 2. The first-order valence-electron chi connectivity index (χ1n) is 12.9. The van der Waals surface area contributed by atoms with Crippen LogP contribution in [0.4, 0.5) is 13.2 Å². The van der Waals surface area contributed by atoms with Gasteiger partial charge in [0.2, 0.25) is 0 Å². The molecule has 6 rings (SSSR count). The Morgan fingerprint density at radius 2 is 1.73 bits per heavy atom. The van der Waals surface area contributed by atoms with Crippen LogP contribution < -0.4 is 4.74 Å². The van der Waals surface area contributed by atoms with Gasteiger partial charge >= 0.3 is 12.1 Å². The molecule has 6 nitrogen and oxygen atoms in total. The van der Waals surface area contributed by atoms with Crippen molar-refractivity contribution in [1.82, 2.24) is 4.57 Å². The number of benzene rings is 4. The largest absolute Gasteiger partial charge is 0.486 e. The minimum absolute atomic E-state index is 0.00491. The molecule has 0 amide bonds. The molecule has 4 aromatic carbocycles. The number of ether oxygens (including phenoxy) is 1. The second-order valence-corrected chi connectivity index (χ2v) is 9.74. The Morgan fingerprint density at radius 3 is 2.49 bits per heavy atom. The van der Waals surface area contributed by atoms with Gasteiger partial charge in [0.05, 0.1) is 22.0 Å². The molecule has 41 heavy (non-hydrogen) atoms. The van der Waals surface area contributed by atoms with Gasteiger partial charge in [-0.05, 0) is 67.9 Å². The van der Waals surface area contributed by atoms with Crippen molar-refractivity contribution < 1.29 is 32.3 Å². The van der Waals surface area contributed by atoms with Crippen LogP contribution in [0.3, 0.4) is 0 Å². The Labute approximate surface area is 232 Å². The number of ketones is 1. The zero-order chi connectivity index (χ0) is 28.9. The number of oxime groups is 1. The predicted octanol–water partition coefficient (Wildman–Crippen LogP) is 7.33. The van der Waals surface area contributed by atoms with Crippen LogP contribution in [0, 0.1) is 6.92 Å². The van der Waals surface area contributed by atoms with E-state index in [4.69, 9.17) is 9.57 Å². The van der Waals surface area contributed by atoms with Gasteiger partial charge in [0.25, 0.3) is 0 Å². The molecule has 1 aliphatic heterocycles. The Balaban J connectivity index is 1.39. The van der Waals surface area contributed by atoms with E-state index >= 15 is 0 Å². The summed E-state index contributed by atoms with van der Waals surface area (Å²) < 4.78 is 47.3. The van der Waals surface area contributed by atoms with Gasteiger partial charge in [0.1, 0.15) is 18.1 Å². The third-order valence-corrected chi connectivity index (χ3v) is 7.28. The first kappa shape index (κ1) is 26.3. The third-order valence-electron chi connectivity index (χ3n) is 7.28. The van der Waals surface area contributed by atoms with Crippen LogP contribution in [0.2, 0.25) is 0 Å². The summed E-state index contributed by atoms with van der Waals surface area (Å²) in [5, 5.41) is 5.57. The molecule has 0 N–H and O–H groups in total. The first-order chi connectivity index (χ1) is 19.7. The zero-order valence-electron chi connectivity index (χ0n) is 22.1. The lowest BCUT2D eigenvalue weighted by Crippen LogP contribution is -2.10. The minimum atomic E-state index is -4.59. The summed E-state index contributed by atoms with van der Waals surface area (Å²) in [6, 6.07) is 20.7. The Hall–Kier alpha value is -4.92. The number of aryl methyl sites for hydroxylation is 2. The van der Waals surface area contributed by atoms with Crippen LogP contribution >= 0.6 is 0 Å². The van der Waals surface area contributed by atoms with Crippen molar-refractivity contribution in [1.29, 1.82) is 0 Å². The number of alkyl halides is 3. The molecule has 0 saturated heterocycles. The van der Waals surface area contributed by atoms with Crippen LogP contribution in [0.1, 0.15) is 49.9 Å². The van der Waals surface area contributed by atoms with Crippen molar-refractivity contribution in [2.24, 2.45) is 5.16 Å². The molecule has 0 saturated carbocycles. The molecular weight excluding hydrogens is 533 g/mol. The van der Waals surface area contributed by atoms with E-state index < -0.39 is 17.7 Å². The monoisotopic (exact) mass is 556 g/mol. The van der Waals surface area contributed by atoms with E-state index in [0.717, 1.165) is 45.6 Å². The van der Waals surface area contributed by atoms with E-state index in [1.54, 1.807) is 6.07 Å². The van der Waals surface area contributed by atoms with Gasteiger partial charge in [0, 0.05) is 34.1 Å². The van der Waals surface area contributed by atoms with Crippen LogP contribution in [-0.4, -0.2) is 28.6 Å². The highest BCUT2D eigenvalue weighted by atomic mass is 19.4. The Bertz CT molecular complexity index is 1900. The molecule has 206 valence electrons. The molecule has 0 atom stereocenters. The van der Waals surface area contributed by atoms with Gasteiger partial charge in [0.15, 0.2) is 5.78 Å². The summed E-state index contributed by atoms with van der Waals surface area (Å²) in [7, 11) is 0. The van der Waals surface area contributed by atoms with E-state index in [0.29, 0.717) is 34.7 Å². The zero-order valence-corrected chi connectivity index (χ0v) is 22.1. The lowest BCUT2D eigenvalue weighted by atomic mass is 9.97. The molecule has 0 radical (unpaired) electrons. The molecule has 0 spiro atoms. The van der Waals surface area contributed by atoms with E-state index in [2.05, 4.69) is 9.72 Å². The molecule has 1 aromatic heterocycles. The Kier molecular flexibility index (Phi) is 6.37. The van der Waals surface area contributed by atoms with E-state index in [-0.39, 0.29) is 18.0 Å². The molecule has 0 fully saturated rings. The fourth-order valence-corrected chi connectivity index (χ4v) is 5.27. The number of halogens is 3. The highest BCUT2D eigenvalue weighted by molar-refractivity contribution is 6.20. The number of carbonyl (C=O) groups is 2. The van der Waals surface area contributed by atoms with Crippen LogP contribution in [0.5, 0.6) is 5.75 Å². The van der Waals surface area contributed by atoms with Crippen LogP contribution in [-0.2, 0) is 17.6 Å². The maximum absolute atomic E-state index is 13.4.